The Balaban J connectivity index is 2.79. The monoisotopic (exact) mass is 286 g/mol. The van der Waals surface area contributed by atoms with Gasteiger partial charge in [0, 0.05) is 26.9 Å². The number of H-pyrrole nitrogens is 1. The Morgan fingerprint density at radius 2 is 2.38 bits per heavy atom. The number of ketones is 1. The van der Waals surface area contributed by atoms with Crippen LogP contribution in [0, 0.1) is 3.57 Å². The number of aromatic nitrogens is 2. The molecule has 1 N–H and O–H groups in total. The van der Waals surface area contributed by atoms with Crippen LogP contribution in [0.5, 0.6) is 0 Å². The van der Waals surface area contributed by atoms with Gasteiger partial charge < -0.3 is 4.98 Å². The zero-order valence-corrected chi connectivity index (χ0v) is 9.12. The summed E-state index contributed by atoms with van der Waals surface area (Å²) in [7, 11) is 0. The first-order valence-electron chi connectivity index (χ1n) is 3.82. The molecule has 0 aromatic carbocycles. The fourth-order valence-corrected chi connectivity index (χ4v) is 1.72. The minimum absolute atomic E-state index is 0.0649. The number of nitrogens with one attached hydrogen (secondary N) is 1. The van der Waals surface area contributed by atoms with Crippen LogP contribution in [0.3, 0.4) is 0 Å². The maximum absolute atomic E-state index is 11.2. The molecule has 4 heteroatoms. The average molecular weight is 286 g/mol. The Morgan fingerprint density at radius 3 is 3.08 bits per heavy atom. The first kappa shape index (κ1) is 8.68. The number of fused-ring (bicyclic) bond motifs is 1. The van der Waals surface area contributed by atoms with Crippen molar-refractivity contribution in [2.24, 2.45) is 0 Å². The van der Waals surface area contributed by atoms with E-state index in [2.05, 4.69) is 32.6 Å². The molecule has 0 saturated carbocycles. The van der Waals surface area contributed by atoms with Crippen LogP contribution in [-0.4, -0.2) is 15.8 Å². The van der Waals surface area contributed by atoms with Crippen molar-refractivity contribution in [3.05, 3.63) is 27.6 Å². The number of hydrogen-bond acceptors (Lipinski definition) is 2. The number of halogens is 1. The van der Waals surface area contributed by atoms with Crippen LogP contribution in [0.1, 0.15) is 17.3 Å². The lowest BCUT2D eigenvalue weighted by Gasteiger charge is -1.92. The molecular formula is C9H7IN2O. The summed E-state index contributed by atoms with van der Waals surface area (Å²) in [6.45, 7) is 1.56. The molecule has 2 aromatic rings. The number of nitrogens with zero attached hydrogens (tertiary/aromatic N) is 1. The van der Waals surface area contributed by atoms with Crippen LogP contribution in [0.4, 0.5) is 0 Å². The van der Waals surface area contributed by atoms with Gasteiger partial charge in [-0.15, -0.1) is 0 Å². The van der Waals surface area contributed by atoms with E-state index >= 15 is 0 Å². The summed E-state index contributed by atoms with van der Waals surface area (Å²) >= 11 is 2.18. The molecule has 0 bridgehead atoms. The molecule has 2 heterocycles. The summed E-state index contributed by atoms with van der Waals surface area (Å²) in [6.07, 6.45) is 3.47. The van der Waals surface area contributed by atoms with Gasteiger partial charge in [0.05, 0.1) is 0 Å². The topological polar surface area (TPSA) is 45.8 Å². The van der Waals surface area contributed by atoms with Gasteiger partial charge in [-0.05, 0) is 35.6 Å². The van der Waals surface area contributed by atoms with Crippen LogP contribution >= 0.6 is 22.6 Å². The lowest BCUT2D eigenvalue weighted by atomic mass is 10.2. The van der Waals surface area contributed by atoms with Crippen molar-refractivity contribution in [2.75, 3.05) is 0 Å². The molecule has 0 aliphatic carbocycles. The summed E-state index contributed by atoms with van der Waals surface area (Å²) in [5, 5.41) is 0.902. The van der Waals surface area contributed by atoms with E-state index in [-0.39, 0.29) is 5.78 Å². The summed E-state index contributed by atoms with van der Waals surface area (Å²) in [5.41, 5.74) is 1.48. The molecule has 2 aromatic heterocycles. The summed E-state index contributed by atoms with van der Waals surface area (Å²) in [5.74, 6) is 0.0649. The fraction of sp³-hybridized carbons (Fsp3) is 0.111. The standard InChI is InChI=1S/C9H7IN2O/c1-5(13)8-4-12-9-7(8)2-6(10)3-11-9/h2-4H,1H3,(H,11,12). The molecule has 0 aliphatic heterocycles. The number of aromatic amines is 1. The largest absolute Gasteiger partial charge is 0.345 e. The molecule has 2 rings (SSSR count). The quantitative estimate of drug-likeness (QED) is 0.646. The summed E-state index contributed by atoms with van der Waals surface area (Å²) in [4.78, 5) is 18.3. The van der Waals surface area contributed by atoms with E-state index in [9.17, 15) is 4.79 Å². The molecule has 0 amide bonds. The predicted molar refractivity (Wildman–Crippen MR) is 58.8 cm³/mol. The second-order valence-electron chi connectivity index (χ2n) is 2.81. The Bertz CT molecular complexity index is 475. The molecular weight excluding hydrogens is 279 g/mol. The smallest absolute Gasteiger partial charge is 0.162 e. The summed E-state index contributed by atoms with van der Waals surface area (Å²) < 4.78 is 1.03. The van der Waals surface area contributed by atoms with Gasteiger partial charge in [-0.2, -0.15) is 0 Å². The predicted octanol–water partition coefficient (Wildman–Crippen LogP) is 2.37. The molecule has 0 atom stereocenters. The third-order valence-electron chi connectivity index (χ3n) is 1.88. The Hall–Kier alpha value is -0.910. The molecule has 13 heavy (non-hydrogen) atoms. The van der Waals surface area contributed by atoms with Crippen molar-refractivity contribution in [3.63, 3.8) is 0 Å². The third kappa shape index (κ3) is 1.46. The highest BCUT2D eigenvalue weighted by Gasteiger charge is 2.08. The van der Waals surface area contributed by atoms with E-state index in [0.29, 0.717) is 5.56 Å². The summed E-state index contributed by atoms with van der Waals surface area (Å²) in [6, 6.07) is 1.95. The highest BCUT2D eigenvalue weighted by molar-refractivity contribution is 14.1. The van der Waals surface area contributed by atoms with E-state index in [0.717, 1.165) is 14.6 Å². The minimum atomic E-state index is 0.0649. The number of Topliss-reactive ketones (excluding diaryl/α,β-unsaturated/α-hetero) is 1. The maximum atomic E-state index is 11.2. The molecule has 0 fully saturated rings. The van der Waals surface area contributed by atoms with Gasteiger partial charge in [0.2, 0.25) is 0 Å². The number of rotatable bonds is 1. The second kappa shape index (κ2) is 3.10. The van der Waals surface area contributed by atoms with Gasteiger partial charge in [-0.1, -0.05) is 0 Å². The van der Waals surface area contributed by atoms with Crippen LogP contribution in [0.2, 0.25) is 0 Å². The minimum Gasteiger partial charge on any atom is -0.345 e. The van der Waals surface area contributed by atoms with Crippen molar-refractivity contribution >= 4 is 39.4 Å². The fourth-order valence-electron chi connectivity index (χ4n) is 1.27. The Morgan fingerprint density at radius 1 is 1.62 bits per heavy atom. The molecule has 0 saturated heterocycles. The Labute approximate surface area is 88.7 Å². The van der Waals surface area contributed by atoms with Crippen molar-refractivity contribution in [3.8, 4) is 0 Å². The van der Waals surface area contributed by atoms with Crippen LogP contribution < -0.4 is 0 Å². The molecule has 3 nitrogen and oxygen atoms in total. The van der Waals surface area contributed by atoms with E-state index in [4.69, 9.17) is 0 Å². The molecule has 0 unspecified atom stereocenters. The van der Waals surface area contributed by atoms with Gasteiger partial charge in [0.1, 0.15) is 5.65 Å². The third-order valence-corrected chi connectivity index (χ3v) is 2.47. The normalized spacial score (nSPS) is 10.6. The first-order valence-corrected chi connectivity index (χ1v) is 4.90. The highest BCUT2D eigenvalue weighted by Crippen LogP contribution is 2.18. The van der Waals surface area contributed by atoms with Crippen LogP contribution in [0.15, 0.2) is 18.5 Å². The van der Waals surface area contributed by atoms with Crippen molar-refractivity contribution in [1.29, 1.82) is 0 Å². The number of pyridine rings is 1. The van der Waals surface area contributed by atoms with Gasteiger partial charge in [-0.3, -0.25) is 4.79 Å². The van der Waals surface area contributed by atoms with Gasteiger partial charge in [-0.25, -0.2) is 4.98 Å². The average Bonchev–Trinajstić information content (AvgIpc) is 2.46. The zero-order valence-electron chi connectivity index (χ0n) is 6.97. The second-order valence-corrected chi connectivity index (χ2v) is 4.05. The zero-order chi connectivity index (χ0) is 9.42. The molecule has 0 radical (unpaired) electrons. The first-order chi connectivity index (χ1) is 6.18. The molecule has 0 aliphatic rings. The van der Waals surface area contributed by atoms with Gasteiger partial charge in [0.25, 0.3) is 0 Å². The van der Waals surface area contributed by atoms with Crippen LogP contribution in [0.25, 0.3) is 11.0 Å². The van der Waals surface area contributed by atoms with Crippen LogP contribution in [-0.2, 0) is 0 Å². The maximum Gasteiger partial charge on any atom is 0.162 e. The molecule has 66 valence electrons. The molecule has 0 spiro atoms. The Kier molecular flexibility index (Phi) is 2.07. The van der Waals surface area contributed by atoms with Gasteiger partial charge in [0.15, 0.2) is 5.78 Å². The highest BCUT2D eigenvalue weighted by atomic mass is 127. The van der Waals surface area contributed by atoms with E-state index < -0.39 is 0 Å². The van der Waals surface area contributed by atoms with Crippen molar-refractivity contribution in [1.82, 2.24) is 9.97 Å². The van der Waals surface area contributed by atoms with E-state index in [1.54, 1.807) is 19.3 Å². The SMILES string of the molecule is CC(=O)c1c[nH]c2ncc(I)cc12. The van der Waals surface area contributed by atoms with Gasteiger partial charge >= 0.3 is 0 Å². The van der Waals surface area contributed by atoms with E-state index in [1.165, 1.54) is 0 Å². The van der Waals surface area contributed by atoms with E-state index in [1.807, 2.05) is 6.07 Å². The number of hydrogen-bond donors (Lipinski definition) is 1. The number of carbonyl (C=O) groups excluding carboxylic acids is 1. The lowest BCUT2D eigenvalue weighted by Crippen LogP contribution is -1.89. The van der Waals surface area contributed by atoms with Crippen molar-refractivity contribution < 1.29 is 4.79 Å². The lowest BCUT2D eigenvalue weighted by molar-refractivity contribution is 0.101. The van der Waals surface area contributed by atoms with Crippen molar-refractivity contribution in [2.45, 2.75) is 6.92 Å². The number of carbonyl (C=O) groups is 1.